The zero-order valence-corrected chi connectivity index (χ0v) is 14.1. The summed E-state index contributed by atoms with van der Waals surface area (Å²) in [5.74, 6) is -0.518. The third-order valence-electron chi connectivity index (χ3n) is 2.95. The van der Waals surface area contributed by atoms with Crippen LogP contribution in [0.5, 0.6) is 0 Å². The molecule has 0 saturated carbocycles. The van der Waals surface area contributed by atoms with Gasteiger partial charge in [0.25, 0.3) is 5.91 Å². The fraction of sp³-hybridized carbons (Fsp3) is 0.412. The Morgan fingerprint density at radius 2 is 2.00 bits per heavy atom. The molecule has 0 aliphatic carbocycles. The van der Waals surface area contributed by atoms with Crippen LogP contribution in [-0.2, 0) is 14.3 Å². The van der Waals surface area contributed by atoms with Crippen LogP contribution in [0.1, 0.15) is 31.9 Å². The van der Waals surface area contributed by atoms with Crippen LogP contribution in [0.2, 0.25) is 5.02 Å². The smallest absolute Gasteiger partial charge is 0.331 e. The fourth-order valence-corrected chi connectivity index (χ4v) is 1.78. The summed E-state index contributed by atoms with van der Waals surface area (Å²) in [4.78, 5) is 23.4. The van der Waals surface area contributed by atoms with Gasteiger partial charge >= 0.3 is 5.97 Å². The van der Waals surface area contributed by atoms with E-state index in [1.807, 2.05) is 32.9 Å². The average Bonchev–Trinajstić information content (AvgIpc) is 2.45. The second kappa shape index (κ2) is 8.59. The predicted octanol–water partition coefficient (Wildman–Crippen LogP) is 3.37. The number of carbonyl (C=O) groups is 2. The Kier molecular flexibility index (Phi) is 7.12. The van der Waals surface area contributed by atoms with Crippen molar-refractivity contribution in [1.29, 1.82) is 0 Å². The van der Waals surface area contributed by atoms with E-state index in [4.69, 9.17) is 16.3 Å². The molecule has 0 radical (unpaired) electrons. The van der Waals surface area contributed by atoms with E-state index < -0.39 is 12.1 Å². The summed E-state index contributed by atoms with van der Waals surface area (Å²) in [7, 11) is 0. The van der Waals surface area contributed by atoms with Gasteiger partial charge in [-0.1, -0.05) is 37.6 Å². The Bertz CT molecular complexity index is 567. The first-order valence-electron chi connectivity index (χ1n) is 7.22. The van der Waals surface area contributed by atoms with Crippen LogP contribution in [0.15, 0.2) is 24.3 Å². The molecule has 0 saturated heterocycles. The fourth-order valence-electron chi connectivity index (χ4n) is 1.59. The number of hydrogen-bond donors (Lipinski definition) is 1. The minimum Gasteiger partial charge on any atom is -0.449 e. The molecule has 1 aromatic carbocycles. The van der Waals surface area contributed by atoms with Crippen molar-refractivity contribution >= 4 is 29.6 Å². The number of esters is 1. The first-order chi connectivity index (χ1) is 10.3. The minimum absolute atomic E-state index is 0.297. The van der Waals surface area contributed by atoms with E-state index in [-0.39, 0.29) is 5.91 Å². The molecule has 1 N–H and O–H groups in total. The minimum atomic E-state index is -0.822. The van der Waals surface area contributed by atoms with Gasteiger partial charge in [0.15, 0.2) is 6.10 Å². The summed E-state index contributed by atoms with van der Waals surface area (Å²) in [5.41, 5.74) is 1.77. The van der Waals surface area contributed by atoms with E-state index >= 15 is 0 Å². The summed E-state index contributed by atoms with van der Waals surface area (Å²) in [5, 5.41) is 3.35. The number of ether oxygens (including phenoxy) is 1. The van der Waals surface area contributed by atoms with Gasteiger partial charge < -0.3 is 10.1 Å². The third-order valence-corrected chi connectivity index (χ3v) is 3.36. The molecule has 0 spiro atoms. The Hall–Kier alpha value is -1.81. The lowest BCUT2D eigenvalue weighted by Crippen LogP contribution is -2.37. The Morgan fingerprint density at radius 1 is 1.32 bits per heavy atom. The standard InChI is InChI=1S/C17H22ClNO3/c1-11(2)10-19-17(21)13(4)22-16(20)8-7-14-6-5-12(3)15(18)9-14/h5-9,11,13H,10H2,1-4H3,(H,19,21)/b8-7+/t13-/m0/s1. The molecule has 1 atom stereocenters. The molecular formula is C17H22ClNO3. The summed E-state index contributed by atoms with van der Waals surface area (Å²) in [6.07, 6.45) is 2.07. The second-order valence-electron chi connectivity index (χ2n) is 5.56. The number of halogens is 1. The van der Waals surface area contributed by atoms with Crippen molar-refractivity contribution in [3.8, 4) is 0 Å². The van der Waals surface area contributed by atoms with E-state index in [1.54, 1.807) is 19.1 Å². The zero-order valence-electron chi connectivity index (χ0n) is 13.4. The molecule has 120 valence electrons. The van der Waals surface area contributed by atoms with Crippen molar-refractivity contribution in [2.24, 2.45) is 5.92 Å². The van der Waals surface area contributed by atoms with Gasteiger partial charge in [0.1, 0.15) is 0 Å². The highest BCUT2D eigenvalue weighted by atomic mass is 35.5. The number of rotatable bonds is 6. The molecule has 4 nitrogen and oxygen atoms in total. The summed E-state index contributed by atoms with van der Waals surface area (Å²) >= 11 is 6.01. The highest BCUT2D eigenvalue weighted by Gasteiger charge is 2.16. The van der Waals surface area contributed by atoms with Gasteiger partial charge in [-0.2, -0.15) is 0 Å². The maximum Gasteiger partial charge on any atom is 0.331 e. The second-order valence-corrected chi connectivity index (χ2v) is 5.97. The molecule has 0 aliphatic rings. The Balaban J connectivity index is 2.52. The van der Waals surface area contributed by atoms with Gasteiger partial charge in [-0.15, -0.1) is 0 Å². The van der Waals surface area contributed by atoms with E-state index in [0.717, 1.165) is 11.1 Å². The molecular weight excluding hydrogens is 302 g/mol. The van der Waals surface area contributed by atoms with Crippen LogP contribution in [0.25, 0.3) is 6.08 Å². The van der Waals surface area contributed by atoms with Gasteiger partial charge in [-0.25, -0.2) is 4.79 Å². The zero-order chi connectivity index (χ0) is 16.7. The molecule has 0 aromatic heterocycles. The third kappa shape index (κ3) is 6.31. The van der Waals surface area contributed by atoms with Crippen molar-refractivity contribution < 1.29 is 14.3 Å². The molecule has 0 aliphatic heterocycles. The highest BCUT2D eigenvalue weighted by Crippen LogP contribution is 2.17. The van der Waals surface area contributed by atoms with Gasteiger partial charge in [-0.05, 0) is 43.0 Å². The first kappa shape index (κ1) is 18.2. The summed E-state index contributed by atoms with van der Waals surface area (Å²) in [6.45, 7) is 7.99. The first-order valence-corrected chi connectivity index (χ1v) is 7.60. The largest absolute Gasteiger partial charge is 0.449 e. The SMILES string of the molecule is Cc1ccc(/C=C/C(=O)O[C@@H](C)C(=O)NCC(C)C)cc1Cl. The number of carbonyl (C=O) groups excluding carboxylic acids is 2. The average molecular weight is 324 g/mol. The van der Waals surface area contributed by atoms with Crippen molar-refractivity contribution in [3.63, 3.8) is 0 Å². The molecule has 0 heterocycles. The molecule has 0 unspecified atom stereocenters. The summed E-state index contributed by atoms with van der Waals surface area (Å²) < 4.78 is 5.05. The van der Waals surface area contributed by atoms with E-state index in [0.29, 0.717) is 17.5 Å². The molecule has 1 rings (SSSR count). The maximum atomic E-state index is 11.7. The van der Waals surface area contributed by atoms with Gasteiger partial charge in [0.05, 0.1) is 0 Å². The van der Waals surface area contributed by atoms with Crippen molar-refractivity contribution in [2.75, 3.05) is 6.54 Å². The Morgan fingerprint density at radius 3 is 2.59 bits per heavy atom. The van der Waals surface area contributed by atoms with Crippen molar-refractivity contribution in [2.45, 2.75) is 33.8 Å². The molecule has 1 amide bonds. The van der Waals surface area contributed by atoms with E-state index in [9.17, 15) is 9.59 Å². The summed E-state index contributed by atoms with van der Waals surface area (Å²) in [6, 6.07) is 5.48. The van der Waals surface area contributed by atoms with Crippen LogP contribution in [0.3, 0.4) is 0 Å². The molecule has 1 aromatic rings. The predicted molar refractivity (Wildman–Crippen MR) is 88.6 cm³/mol. The molecule has 0 bridgehead atoms. The van der Waals surface area contributed by atoms with Crippen LogP contribution in [0.4, 0.5) is 0 Å². The van der Waals surface area contributed by atoms with Crippen LogP contribution in [-0.4, -0.2) is 24.5 Å². The number of nitrogens with one attached hydrogen (secondary N) is 1. The number of amides is 1. The number of hydrogen-bond acceptors (Lipinski definition) is 3. The lowest BCUT2D eigenvalue weighted by Gasteiger charge is -2.13. The monoisotopic (exact) mass is 323 g/mol. The van der Waals surface area contributed by atoms with Gasteiger partial charge in [0, 0.05) is 17.6 Å². The normalized spacial score (nSPS) is 12.5. The highest BCUT2D eigenvalue weighted by molar-refractivity contribution is 6.31. The van der Waals surface area contributed by atoms with E-state index in [1.165, 1.54) is 6.08 Å². The molecule has 5 heteroatoms. The van der Waals surface area contributed by atoms with Crippen molar-refractivity contribution in [1.82, 2.24) is 5.32 Å². The number of aryl methyl sites for hydroxylation is 1. The van der Waals surface area contributed by atoms with E-state index in [2.05, 4.69) is 5.32 Å². The Labute approximate surface area is 136 Å². The molecule has 0 fully saturated rings. The topological polar surface area (TPSA) is 55.4 Å². The lowest BCUT2D eigenvalue weighted by molar-refractivity contribution is -0.150. The quantitative estimate of drug-likeness (QED) is 0.645. The van der Waals surface area contributed by atoms with Crippen LogP contribution >= 0.6 is 11.6 Å². The van der Waals surface area contributed by atoms with Crippen molar-refractivity contribution in [3.05, 3.63) is 40.4 Å². The maximum absolute atomic E-state index is 11.7. The van der Waals surface area contributed by atoms with Gasteiger partial charge in [0.2, 0.25) is 0 Å². The molecule has 22 heavy (non-hydrogen) atoms. The van der Waals surface area contributed by atoms with Crippen LogP contribution in [0, 0.1) is 12.8 Å². The lowest BCUT2D eigenvalue weighted by atomic mass is 10.1. The van der Waals surface area contributed by atoms with Crippen LogP contribution < -0.4 is 5.32 Å². The van der Waals surface area contributed by atoms with Gasteiger partial charge in [-0.3, -0.25) is 4.79 Å². The number of benzene rings is 1.